The van der Waals surface area contributed by atoms with Crippen molar-refractivity contribution in [3.8, 4) is 5.75 Å². The van der Waals surface area contributed by atoms with Gasteiger partial charge in [0.05, 0.1) is 24.3 Å². The molecule has 0 bridgehead atoms. The van der Waals surface area contributed by atoms with Crippen molar-refractivity contribution in [2.75, 3.05) is 0 Å². The maximum atomic E-state index is 13.8. The van der Waals surface area contributed by atoms with E-state index in [1.54, 1.807) is 4.90 Å². The number of aromatic hydroxyl groups is 1. The number of carbonyl (C=O) groups excluding carboxylic acids is 2. The third-order valence-corrected chi connectivity index (χ3v) is 6.40. The lowest BCUT2D eigenvalue weighted by Crippen LogP contribution is -2.49. The Morgan fingerprint density at radius 1 is 1.23 bits per heavy atom. The number of aromatic nitrogens is 1. The molecule has 9 heteroatoms. The molecule has 3 heterocycles. The number of pyridine rings is 1. The fourth-order valence-electron chi connectivity index (χ4n) is 4.89. The van der Waals surface area contributed by atoms with E-state index in [1.807, 2.05) is 0 Å². The normalized spacial score (nSPS) is 24.1. The zero-order chi connectivity index (χ0) is 21.9. The molecule has 1 saturated heterocycles. The predicted molar refractivity (Wildman–Crippen MR) is 104 cm³/mol. The Morgan fingerprint density at radius 3 is 2.81 bits per heavy atom. The first-order valence-electron chi connectivity index (χ1n) is 10.3. The Bertz CT molecular complexity index is 1160. The molecule has 2 unspecified atom stereocenters. The van der Waals surface area contributed by atoms with Crippen LogP contribution in [0.25, 0.3) is 0 Å². The number of ketones is 1. The number of hydrogen-bond donors (Lipinski definition) is 1. The van der Waals surface area contributed by atoms with Crippen molar-refractivity contribution in [1.29, 1.82) is 0 Å². The predicted octanol–water partition coefficient (Wildman–Crippen LogP) is 2.38. The second kappa shape index (κ2) is 7.26. The number of benzene rings is 1. The van der Waals surface area contributed by atoms with Crippen LogP contribution in [0.4, 0.5) is 8.78 Å². The van der Waals surface area contributed by atoms with Gasteiger partial charge >= 0.3 is 0 Å². The Balaban J connectivity index is 1.42. The van der Waals surface area contributed by atoms with Gasteiger partial charge in [0.25, 0.3) is 5.91 Å². The van der Waals surface area contributed by atoms with Crippen molar-refractivity contribution in [3.63, 3.8) is 0 Å². The van der Waals surface area contributed by atoms with E-state index < -0.39 is 40.7 Å². The maximum absolute atomic E-state index is 13.8. The summed E-state index contributed by atoms with van der Waals surface area (Å²) in [5.41, 5.74) is -1.19. The first kappa shape index (κ1) is 19.9. The number of aryl methyl sites for hydroxylation is 1. The molecular formula is C22H20F2N2O5. The van der Waals surface area contributed by atoms with Crippen molar-refractivity contribution < 1.29 is 28.2 Å². The summed E-state index contributed by atoms with van der Waals surface area (Å²) in [6, 6.07) is 3.01. The van der Waals surface area contributed by atoms with Crippen LogP contribution in [-0.4, -0.2) is 44.6 Å². The highest BCUT2D eigenvalue weighted by Crippen LogP contribution is 2.39. The van der Waals surface area contributed by atoms with Crippen LogP contribution in [0.2, 0.25) is 0 Å². The first-order valence-corrected chi connectivity index (χ1v) is 10.3. The molecule has 1 amide bonds. The minimum atomic E-state index is -0.925. The lowest BCUT2D eigenvalue weighted by Gasteiger charge is -2.34. The standard InChI is InChI=1S/C22H20F2N2O5/c23-12-6-4-11(14(24)8-12)5-7-16(27)13-9-25-10-18-26(15-2-1-3-17(15)31-18)22(30)19(25)21(29)20(13)28/h4,6,8-9,15,17-18,29H,1-3,5,7,10H2/t15?,17-,18?/m1/s1. The third kappa shape index (κ3) is 3.15. The van der Waals surface area contributed by atoms with Gasteiger partial charge in [-0.3, -0.25) is 14.4 Å². The fraction of sp³-hybridized carbons (Fsp3) is 0.409. The lowest BCUT2D eigenvalue weighted by atomic mass is 10.0. The molecule has 1 aliphatic carbocycles. The third-order valence-electron chi connectivity index (χ3n) is 6.40. The van der Waals surface area contributed by atoms with Crippen molar-refractivity contribution in [1.82, 2.24) is 9.47 Å². The minimum Gasteiger partial charge on any atom is -0.503 e. The molecule has 0 spiro atoms. The second-order valence-corrected chi connectivity index (χ2v) is 8.22. The average molecular weight is 430 g/mol. The monoisotopic (exact) mass is 430 g/mol. The molecule has 1 aromatic carbocycles. The van der Waals surface area contributed by atoms with E-state index in [1.165, 1.54) is 16.8 Å². The fourth-order valence-corrected chi connectivity index (χ4v) is 4.89. The molecule has 7 nitrogen and oxygen atoms in total. The van der Waals surface area contributed by atoms with Crippen LogP contribution in [0.15, 0.2) is 29.2 Å². The van der Waals surface area contributed by atoms with Gasteiger partial charge in [-0.05, 0) is 37.3 Å². The van der Waals surface area contributed by atoms with Gasteiger partial charge in [-0.1, -0.05) is 6.07 Å². The van der Waals surface area contributed by atoms with E-state index in [-0.39, 0.29) is 48.4 Å². The van der Waals surface area contributed by atoms with Crippen LogP contribution in [0, 0.1) is 11.6 Å². The average Bonchev–Trinajstić information content (AvgIpc) is 3.30. The van der Waals surface area contributed by atoms with E-state index in [9.17, 15) is 28.3 Å². The highest BCUT2D eigenvalue weighted by atomic mass is 19.1. The summed E-state index contributed by atoms with van der Waals surface area (Å²) in [6.07, 6.45) is 3.09. The number of halogens is 2. The van der Waals surface area contributed by atoms with Crippen molar-refractivity contribution >= 4 is 11.7 Å². The Kier molecular flexibility index (Phi) is 4.65. The Morgan fingerprint density at radius 2 is 2.03 bits per heavy atom. The molecule has 162 valence electrons. The molecule has 3 aliphatic rings. The van der Waals surface area contributed by atoms with Crippen molar-refractivity contribution in [2.45, 2.75) is 57.0 Å². The summed E-state index contributed by atoms with van der Waals surface area (Å²) in [6.45, 7) is 0.203. The maximum Gasteiger partial charge on any atom is 0.276 e. The van der Waals surface area contributed by atoms with Crippen molar-refractivity contribution in [3.05, 3.63) is 63.1 Å². The van der Waals surface area contributed by atoms with Crippen LogP contribution >= 0.6 is 0 Å². The van der Waals surface area contributed by atoms with Crippen LogP contribution in [0.1, 0.15) is 52.1 Å². The molecule has 2 aliphatic heterocycles. The number of fused-ring (bicyclic) bond motifs is 4. The summed E-state index contributed by atoms with van der Waals surface area (Å²) in [4.78, 5) is 40.0. The quantitative estimate of drug-likeness (QED) is 0.753. The van der Waals surface area contributed by atoms with Gasteiger partial charge in [0.1, 0.15) is 11.6 Å². The van der Waals surface area contributed by atoms with Crippen LogP contribution < -0.4 is 5.43 Å². The van der Waals surface area contributed by atoms with E-state index in [2.05, 4.69) is 0 Å². The molecule has 1 saturated carbocycles. The van der Waals surface area contributed by atoms with Gasteiger partial charge in [-0.2, -0.15) is 0 Å². The van der Waals surface area contributed by atoms with Gasteiger partial charge in [0.15, 0.2) is 23.5 Å². The van der Waals surface area contributed by atoms with Crippen LogP contribution in [-0.2, 0) is 17.7 Å². The summed E-state index contributed by atoms with van der Waals surface area (Å²) in [7, 11) is 0. The number of rotatable bonds is 4. The highest BCUT2D eigenvalue weighted by molar-refractivity contribution is 6.00. The van der Waals surface area contributed by atoms with Crippen LogP contribution in [0.5, 0.6) is 5.75 Å². The minimum absolute atomic E-state index is 0.0330. The molecule has 2 aromatic rings. The van der Waals surface area contributed by atoms with E-state index in [0.717, 1.165) is 31.4 Å². The number of nitrogens with zero attached hydrogens (tertiary/aromatic N) is 2. The van der Waals surface area contributed by atoms with Gasteiger partial charge in [-0.15, -0.1) is 0 Å². The molecule has 5 rings (SSSR count). The number of Topliss-reactive ketones (excluding diaryl/α,β-unsaturated/α-hetero) is 1. The number of hydrogen-bond acceptors (Lipinski definition) is 5. The highest BCUT2D eigenvalue weighted by Gasteiger charge is 2.50. The van der Waals surface area contributed by atoms with Crippen LogP contribution in [0.3, 0.4) is 0 Å². The topological polar surface area (TPSA) is 88.8 Å². The zero-order valence-corrected chi connectivity index (χ0v) is 16.5. The van der Waals surface area contributed by atoms with E-state index >= 15 is 0 Å². The molecule has 31 heavy (non-hydrogen) atoms. The molecule has 3 atom stereocenters. The summed E-state index contributed by atoms with van der Waals surface area (Å²) >= 11 is 0. The van der Waals surface area contributed by atoms with Gasteiger partial charge in [0, 0.05) is 18.7 Å². The number of ether oxygens (including phenoxy) is 1. The Hall–Kier alpha value is -3.07. The van der Waals surface area contributed by atoms with Gasteiger partial charge in [0.2, 0.25) is 5.43 Å². The van der Waals surface area contributed by atoms with E-state index in [4.69, 9.17) is 4.74 Å². The molecular weight excluding hydrogens is 410 g/mol. The van der Waals surface area contributed by atoms with Gasteiger partial charge < -0.3 is 19.3 Å². The molecule has 1 N–H and O–H groups in total. The Labute approximate surface area is 175 Å². The summed E-state index contributed by atoms with van der Waals surface area (Å²) in [5.74, 6) is -3.33. The zero-order valence-electron chi connectivity index (χ0n) is 16.5. The molecule has 0 radical (unpaired) electrons. The smallest absolute Gasteiger partial charge is 0.276 e. The second-order valence-electron chi connectivity index (χ2n) is 8.22. The number of carbonyl (C=O) groups is 2. The first-order chi connectivity index (χ1) is 14.8. The van der Waals surface area contributed by atoms with E-state index in [0.29, 0.717) is 0 Å². The summed E-state index contributed by atoms with van der Waals surface area (Å²) in [5, 5.41) is 10.5. The van der Waals surface area contributed by atoms with Crippen molar-refractivity contribution in [2.24, 2.45) is 0 Å². The molecule has 2 fully saturated rings. The SMILES string of the molecule is O=C(CCc1ccc(F)cc1F)c1cn2c(c(O)c1=O)C(=O)N1C(C2)O[C@@H]2CCCC21. The van der Waals surface area contributed by atoms with Gasteiger partial charge in [-0.25, -0.2) is 8.78 Å². The summed E-state index contributed by atoms with van der Waals surface area (Å²) < 4.78 is 34.2. The largest absolute Gasteiger partial charge is 0.503 e. The molecule has 1 aromatic heterocycles. The lowest BCUT2D eigenvalue weighted by molar-refractivity contribution is -0.0178. The number of amides is 1.